The minimum atomic E-state index is -0.121. The van der Waals surface area contributed by atoms with Crippen LogP contribution in [0.25, 0.3) is 0 Å². The largest absolute Gasteiger partial charge is 0.325 e. The number of nitrogens with zero attached hydrogens (tertiary/aromatic N) is 1. The Morgan fingerprint density at radius 1 is 1.47 bits per heavy atom. The summed E-state index contributed by atoms with van der Waals surface area (Å²) in [4.78, 5) is 26.4. The number of amides is 1. The molecule has 0 unspecified atom stereocenters. The molecule has 0 aliphatic heterocycles. The summed E-state index contributed by atoms with van der Waals surface area (Å²) < 4.78 is 0. The van der Waals surface area contributed by atoms with Crippen molar-refractivity contribution in [1.82, 2.24) is 4.98 Å². The van der Waals surface area contributed by atoms with Crippen molar-refractivity contribution >= 4 is 17.4 Å². The summed E-state index contributed by atoms with van der Waals surface area (Å²) >= 11 is 0. The lowest BCUT2D eigenvalue weighted by Gasteiger charge is -2.09. The number of Topliss-reactive ketones (excluding diaryl/α,β-unsaturated/α-hetero) is 1. The summed E-state index contributed by atoms with van der Waals surface area (Å²) in [6.07, 6.45) is 2.83. The first-order chi connectivity index (χ1) is 7.09. The molecule has 0 aromatic carbocycles. The average Bonchev–Trinajstić information content (AvgIpc) is 2.53. The predicted octanol–water partition coefficient (Wildman–Crippen LogP) is 1.48. The van der Waals surface area contributed by atoms with E-state index in [-0.39, 0.29) is 11.7 Å². The number of carbonyl (C=O) groups is 2. The first kappa shape index (κ1) is 9.83. The third-order valence-electron chi connectivity index (χ3n) is 2.64. The molecule has 1 N–H and O–H groups in total. The van der Waals surface area contributed by atoms with Gasteiger partial charge in [-0.3, -0.25) is 14.6 Å². The molecule has 1 heterocycles. The van der Waals surface area contributed by atoms with Crippen molar-refractivity contribution in [3.05, 3.63) is 23.0 Å². The van der Waals surface area contributed by atoms with Gasteiger partial charge in [0.1, 0.15) is 5.69 Å². The first-order valence-corrected chi connectivity index (χ1v) is 4.89. The molecule has 15 heavy (non-hydrogen) atoms. The summed E-state index contributed by atoms with van der Waals surface area (Å²) in [5, 5.41) is 2.70. The molecule has 4 nitrogen and oxygen atoms in total. The fourth-order valence-electron chi connectivity index (χ4n) is 1.86. The van der Waals surface area contributed by atoms with Gasteiger partial charge in [0, 0.05) is 13.3 Å². The van der Waals surface area contributed by atoms with Crippen LogP contribution >= 0.6 is 0 Å². The van der Waals surface area contributed by atoms with Gasteiger partial charge in [0.25, 0.3) is 0 Å². The second kappa shape index (κ2) is 3.46. The number of pyridine rings is 1. The number of ketones is 1. The molecule has 0 spiro atoms. The maximum Gasteiger partial charge on any atom is 0.221 e. The summed E-state index contributed by atoms with van der Waals surface area (Å²) in [6, 6.07) is 0. The van der Waals surface area contributed by atoms with E-state index in [1.165, 1.54) is 6.92 Å². The van der Waals surface area contributed by atoms with Gasteiger partial charge in [-0.05, 0) is 24.5 Å². The maximum atomic E-state index is 11.4. The molecule has 1 aromatic rings. The van der Waals surface area contributed by atoms with E-state index in [0.29, 0.717) is 17.8 Å². The van der Waals surface area contributed by atoms with Crippen LogP contribution in [-0.4, -0.2) is 16.7 Å². The predicted molar refractivity (Wildman–Crippen MR) is 55.9 cm³/mol. The number of hydrogen-bond donors (Lipinski definition) is 1. The normalized spacial score (nSPS) is 13.9. The van der Waals surface area contributed by atoms with E-state index in [0.717, 1.165) is 17.5 Å². The van der Waals surface area contributed by atoms with Crippen LogP contribution in [0, 0.1) is 6.92 Å². The molecule has 1 aromatic heterocycles. The lowest BCUT2D eigenvalue weighted by Crippen LogP contribution is -2.09. The third-order valence-corrected chi connectivity index (χ3v) is 2.64. The van der Waals surface area contributed by atoms with Crippen molar-refractivity contribution in [2.45, 2.75) is 26.7 Å². The number of fused-ring (bicyclic) bond motifs is 1. The van der Waals surface area contributed by atoms with Crippen molar-refractivity contribution in [3.8, 4) is 0 Å². The Kier molecular flexibility index (Phi) is 2.26. The highest BCUT2D eigenvalue weighted by molar-refractivity contribution is 6.00. The standard InChI is InChI=1S/C11H12N2O2/c1-6-8-3-4-10(15)11(8)12-5-9(6)13-7(2)14/h5H,3-4H2,1-2H3,(H,13,14). The Morgan fingerprint density at radius 2 is 2.20 bits per heavy atom. The van der Waals surface area contributed by atoms with Gasteiger partial charge < -0.3 is 5.32 Å². The topological polar surface area (TPSA) is 59.1 Å². The van der Waals surface area contributed by atoms with Gasteiger partial charge in [0.05, 0.1) is 11.9 Å². The Morgan fingerprint density at radius 3 is 2.87 bits per heavy atom. The van der Waals surface area contributed by atoms with Gasteiger partial charge >= 0.3 is 0 Å². The van der Waals surface area contributed by atoms with E-state index < -0.39 is 0 Å². The molecule has 0 fully saturated rings. The van der Waals surface area contributed by atoms with Crippen LogP contribution in [0.3, 0.4) is 0 Å². The van der Waals surface area contributed by atoms with E-state index in [1.807, 2.05) is 6.92 Å². The lowest BCUT2D eigenvalue weighted by molar-refractivity contribution is -0.114. The second-order valence-corrected chi connectivity index (χ2v) is 3.73. The molecular formula is C11H12N2O2. The number of carbonyl (C=O) groups excluding carboxylic acids is 2. The van der Waals surface area contributed by atoms with Crippen molar-refractivity contribution < 1.29 is 9.59 Å². The van der Waals surface area contributed by atoms with Gasteiger partial charge in [0.15, 0.2) is 5.78 Å². The van der Waals surface area contributed by atoms with Crippen LogP contribution < -0.4 is 5.32 Å². The van der Waals surface area contributed by atoms with E-state index in [4.69, 9.17) is 0 Å². The molecule has 78 valence electrons. The van der Waals surface area contributed by atoms with Crippen molar-refractivity contribution in [2.75, 3.05) is 5.32 Å². The number of aromatic nitrogens is 1. The molecule has 0 bridgehead atoms. The molecule has 0 saturated carbocycles. The van der Waals surface area contributed by atoms with Crippen LogP contribution in [0.1, 0.15) is 35.0 Å². The van der Waals surface area contributed by atoms with Crippen LogP contribution in [-0.2, 0) is 11.2 Å². The van der Waals surface area contributed by atoms with Gasteiger partial charge in [-0.25, -0.2) is 0 Å². The van der Waals surface area contributed by atoms with Crippen molar-refractivity contribution in [3.63, 3.8) is 0 Å². The summed E-state index contributed by atoms with van der Waals surface area (Å²) in [7, 11) is 0. The minimum Gasteiger partial charge on any atom is -0.325 e. The number of nitrogens with one attached hydrogen (secondary N) is 1. The molecule has 1 amide bonds. The van der Waals surface area contributed by atoms with E-state index in [1.54, 1.807) is 6.20 Å². The fraction of sp³-hybridized carbons (Fsp3) is 0.364. The highest BCUT2D eigenvalue weighted by atomic mass is 16.1. The van der Waals surface area contributed by atoms with Gasteiger partial charge in [-0.2, -0.15) is 0 Å². The zero-order valence-corrected chi connectivity index (χ0v) is 8.76. The third kappa shape index (κ3) is 1.63. The van der Waals surface area contributed by atoms with Crippen LogP contribution in [0.4, 0.5) is 5.69 Å². The Balaban J connectivity index is 2.46. The molecule has 4 heteroatoms. The monoisotopic (exact) mass is 204 g/mol. The second-order valence-electron chi connectivity index (χ2n) is 3.73. The minimum absolute atomic E-state index is 0.0995. The Bertz CT molecular complexity index is 452. The Hall–Kier alpha value is -1.71. The summed E-state index contributed by atoms with van der Waals surface area (Å²) in [6.45, 7) is 3.36. The van der Waals surface area contributed by atoms with Crippen LogP contribution in [0.5, 0.6) is 0 Å². The Labute approximate surface area is 87.7 Å². The number of anilines is 1. The summed E-state index contributed by atoms with van der Waals surface area (Å²) in [5.41, 5.74) is 3.21. The quantitative estimate of drug-likeness (QED) is 0.753. The van der Waals surface area contributed by atoms with Crippen LogP contribution in [0.15, 0.2) is 6.20 Å². The average molecular weight is 204 g/mol. The molecule has 1 aliphatic rings. The molecule has 0 saturated heterocycles. The van der Waals surface area contributed by atoms with E-state index in [2.05, 4.69) is 10.3 Å². The molecule has 1 aliphatic carbocycles. The lowest BCUT2D eigenvalue weighted by atomic mass is 10.1. The molecule has 0 atom stereocenters. The van der Waals surface area contributed by atoms with Crippen LogP contribution in [0.2, 0.25) is 0 Å². The first-order valence-electron chi connectivity index (χ1n) is 4.89. The smallest absolute Gasteiger partial charge is 0.221 e. The fourth-order valence-corrected chi connectivity index (χ4v) is 1.86. The maximum absolute atomic E-state index is 11.4. The highest BCUT2D eigenvalue weighted by Crippen LogP contribution is 2.27. The summed E-state index contributed by atoms with van der Waals surface area (Å²) in [5.74, 6) is -0.0216. The van der Waals surface area contributed by atoms with Gasteiger partial charge in [-0.15, -0.1) is 0 Å². The number of rotatable bonds is 1. The van der Waals surface area contributed by atoms with Crippen molar-refractivity contribution in [1.29, 1.82) is 0 Å². The van der Waals surface area contributed by atoms with Crippen molar-refractivity contribution in [2.24, 2.45) is 0 Å². The van der Waals surface area contributed by atoms with E-state index in [9.17, 15) is 9.59 Å². The zero-order valence-electron chi connectivity index (χ0n) is 8.76. The highest BCUT2D eigenvalue weighted by Gasteiger charge is 2.23. The van der Waals surface area contributed by atoms with Gasteiger partial charge in [-0.1, -0.05) is 0 Å². The SMILES string of the molecule is CC(=O)Nc1cnc2c(c1C)CCC2=O. The molecular weight excluding hydrogens is 192 g/mol. The molecule has 0 radical (unpaired) electrons. The van der Waals surface area contributed by atoms with Gasteiger partial charge in [0.2, 0.25) is 5.91 Å². The number of hydrogen-bond acceptors (Lipinski definition) is 3. The zero-order chi connectivity index (χ0) is 11.0. The molecule has 2 rings (SSSR count). The van der Waals surface area contributed by atoms with E-state index >= 15 is 0 Å².